The van der Waals surface area contributed by atoms with E-state index in [-0.39, 0.29) is 5.91 Å². The van der Waals surface area contributed by atoms with Crippen molar-refractivity contribution in [3.05, 3.63) is 100 Å². The molecular weight excluding hydrogens is 370 g/mol. The van der Waals surface area contributed by atoms with E-state index in [4.69, 9.17) is 16.3 Å². The Hall–Kier alpha value is -2.78. The molecule has 0 atom stereocenters. The average molecular weight is 394 g/mol. The number of amides is 1. The summed E-state index contributed by atoms with van der Waals surface area (Å²) in [5.41, 5.74) is 4.06. The van der Waals surface area contributed by atoms with Crippen LogP contribution in [0, 0.1) is 6.92 Å². The SMILES string of the molecule is Cc1cccc(CCCNC(=O)c2cccc(OCc3ccccc3Cl)c2)c1. The Balaban J connectivity index is 1.48. The second-order valence-corrected chi connectivity index (χ2v) is 7.16. The van der Waals surface area contributed by atoms with E-state index in [9.17, 15) is 4.79 Å². The topological polar surface area (TPSA) is 38.3 Å². The summed E-state index contributed by atoms with van der Waals surface area (Å²) in [6.07, 6.45) is 1.85. The second kappa shape index (κ2) is 9.95. The number of hydrogen-bond acceptors (Lipinski definition) is 2. The maximum absolute atomic E-state index is 12.4. The Morgan fingerprint density at radius 1 is 1.00 bits per heavy atom. The number of nitrogens with one attached hydrogen (secondary N) is 1. The number of aryl methyl sites for hydroxylation is 2. The molecule has 1 N–H and O–H groups in total. The summed E-state index contributed by atoms with van der Waals surface area (Å²) >= 11 is 6.15. The summed E-state index contributed by atoms with van der Waals surface area (Å²) in [5.74, 6) is 0.555. The molecular formula is C24H24ClNO2. The third-order valence-electron chi connectivity index (χ3n) is 4.46. The van der Waals surface area contributed by atoms with Crippen LogP contribution in [0.3, 0.4) is 0 Å². The van der Waals surface area contributed by atoms with Gasteiger partial charge in [0.15, 0.2) is 0 Å². The molecule has 0 aliphatic carbocycles. The second-order valence-electron chi connectivity index (χ2n) is 6.76. The third-order valence-corrected chi connectivity index (χ3v) is 4.83. The molecule has 0 heterocycles. The molecule has 0 saturated carbocycles. The lowest BCUT2D eigenvalue weighted by Gasteiger charge is -2.10. The van der Waals surface area contributed by atoms with Crippen LogP contribution in [0.1, 0.15) is 33.5 Å². The fraction of sp³-hybridized carbons (Fsp3) is 0.208. The molecule has 28 heavy (non-hydrogen) atoms. The van der Waals surface area contributed by atoms with Crippen molar-refractivity contribution in [2.45, 2.75) is 26.4 Å². The summed E-state index contributed by atoms with van der Waals surface area (Å²) in [4.78, 5) is 12.4. The predicted octanol–water partition coefficient (Wildman–Crippen LogP) is 5.59. The summed E-state index contributed by atoms with van der Waals surface area (Å²) in [5, 5.41) is 3.65. The molecule has 0 aliphatic heterocycles. The van der Waals surface area contributed by atoms with E-state index in [1.165, 1.54) is 11.1 Å². The quantitative estimate of drug-likeness (QED) is 0.506. The molecule has 0 saturated heterocycles. The summed E-state index contributed by atoms with van der Waals surface area (Å²) in [6.45, 7) is 3.09. The van der Waals surface area contributed by atoms with Crippen molar-refractivity contribution in [2.24, 2.45) is 0 Å². The van der Waals surface area contributed by atoms with Crippen molar-refractivity contribution < 1.29 is 9.53 Å². The number of ether oxygens (including phenoxy) is 1. The maximum atomic E-state index is 12.4. The van der Waals surface area contributed by atoms with Gasteiger partial charge in [-0.25, -0.2) is 0 Å². The Morgan fingerprint density at radius 3 is 2.64 bits per heavy atom. The van der Waals surface area contributed by atoms with Crippen molar-refractivity contribution in [3.8, 4) is 5.75 Å². The summed E-state index contributed by atoms with van der Waals surface area (Å²) in [7, 11) is 0. The monoisotopic (exact) mass is 393 g/mol. The lowest BCUT2D eigenvalue weighted by molar-refractivity contribution is 0.0952. The first kappa shape index (κ1) is 20.0. The van der Waals surface area contributed by atoms with Gasteiger partial charge in [0, 0.05) is 22.7 Å². The van der Waals surface area contributed by atoms with Crippen molar-refractivity contribution in [1.29, 1.82) is 0 Å². The first-order valence-corrected chi connectivity index (χ1v) is 9.79. The van der Waals surface area contributed by atoms with Gasteiger partial charge >= 0.3 is 0 Å². The molecule has 0 fully saturated rings. The highest BCUT2D eigenvalue weighted by Gasteiger charge is 2.07. The van der Waals surface area contributed by atoms with Crippen LogP contribution in [0.15, 0.2) is 72.8 Å². The molecule has 4 heteroatoms. The minimum Gasteiger partial charge on any atom is -0.489 e. The number of carbonyl (C=O) groups excluding carboxylic acids is 1. The highest BCUT2D eigenvalue weighted by molar-refractivity contribution is 6.31. The zero-order valence-corrected chi connectivity index (χ0v) is 16.7. The van der Waals surface area contributed by atoms with Gasteiger partial charge in [-0.2, -0.15) is 0 Å². The maximum Gasteiger partial charge on any atom is 0.251 e. The van der Waals surface area contributed by atoms with Crippen LogP contribution in [0.4, 0.5) is 0 Å². The van der Waals surface area contributed by atoms with Crippen LogP contribution in [0.2, 0.25) is 5.02 Å². The fourth-order valence-electron chi connectivity index (χ4n) is 2.97. The Kier molecular flexibility index (Phi) is 7.10. The molecule has 0 aromatic heterocycles. The Labute approximate surface area is 171 Å². The standard InChI is InChI=1S/C24H24ClNO2/c1-18-7-4-8-19(15-18)9-6-14-26-24(27)20-11-5-12-22(16-20)28-17-21-10-2-3-13-23(21)25/h2-5,7-8,10-13,15-16H,6,9,14,17H2,1H3,(H,26,27). The van der Waals surface area contributed by atoms with Gasteiger partial charge in [-0.3, -0.25) is 4.79 Å². The van der Waals surface area contributed by atoms with Crippen LogP contribution in [-0.4, -0.2) is 12.5 Å². The van der Waals surface area contributed by atoms with E-state index in [0.717, 1.165) is 18.4 Å². The van der Waals surface area contributed by atoms with E-state index < -0.39 is 0 Å². The Bertz CT molecular complexity index is 939. The van der Waals surface area contributed by atoms with E-state index in [0.29, 0.717) is 29.5 Å². The van der Waals surface area contributed by atoms with Gasteiger partial charge in [0.05, 0.1) is 0 Å². The number of benzene rings is 3. The minimum absolute atomic E-state index is 0.0903. The van der Waals surface area contributed by atoms with Crippen LogP contribution in [0.25, 0.3) is 0 Å². The number of halogens is 1. The molecule has 3 aromatic rings. The van der Waals surface area contributed by atoms with Crippen molar-refractivity contribution in [3.63, 3.8) is 0 Å². The highest BCUT2D eigenvalue weighted by Crippen LogP contribution is 2.19. The number of rotatable bonds is 8. The molecule has 3 rings (SSSR count). The number of carbonyl (C=O) groups is 1. The van der Waals surface area contributed by atoms with Crippen LogP contribution in [0.5, 0.6) is 5.75 Å². The van der Waals surface area contributed by atoms with Gasteiger partial charge in [0.1, 0.15) is 12.4 Å². The third kappa shape index (κ3) is 5.86. The lowest BCUT2D eigenvalue weighted by Crippen LogP contribution is -2.24. The van der Waals surface area contributed by atoms with Crippen LogP contribution >= 0.6 is 11.6 Å². The zero-order chi connectivity index (χ0) is 19.8. The molecule has 3 aromatic carbocycles. The first-order chi connectivity index (χ1) is 13.6. The first-order valence-electron chi connectivity index (χ1n) is 9.42. The molecule has 1 amide bonds. The van der Waals surface area contributed by atoms with Gasteiger partial charge in [-0.15, -0.1) is 0 Å². The van der Waals surface area contributed by atoms with Gasteiger partial charge in [-0.05, 0) is 49.6 Å². The van der Waals surface area contributed by atoms with Crippen LogP contribution < -0.4 is 10.1 Å². The molecule has 0 unspecified atom stereocenters. The smallest absolute Gasteiger partial charge is 0.251 e. The van der Waals surface area contributed by atoms with Gasteiger partial charge < -0.3 is 10.1 Å². The van der Waals surface area contributed by atoms with Crippen molar-refractivity contribution >= 4 is 17.5 Å². The van der Waals surface area contributed by atoms with Crippen LogP contribution in [-0.2, 0) is 13.0 Å². The molecule has 0 radical (unpaired) electrons. The summed E-state index contributed by atoms with van der Waals surface area (Å²) < 4.78 is 5.79. The fourth-order valence-corrected chi connectivity index (χ4v) is 3.16. The largest absolute Gasteiger partial charge is 0.489 e. The van der Waals surface area contributed by atoms with Gasteiger partial charge in [-0.1, -0.05) is 65.7 Å². The van der Waals surface area contributed by atoms with E-state index in [1.807, 2.05) is 36.4 Å². The van der Waals surface area contributed by atoms with E-state index in [2.05, 4.69) is 36.5 Å². The number of hydrogen-bond donors (Lipinski definition) is 1. The van der Waals surface area contributed by atoms with E-state index >= 15 is 0 Å². The highest BCUT2D eigenvalue weighted by atomic mass is 35.5. The predicted molar refractivity (Wildman–Crippen MR) is 114 cm³/mol. The summed E-state index contributed by atoms with van der Waals surface area (Å²) in [6, 6.07) is 23.2. The molecule has 0 bridgehead atoms. The molecule has 0 spiro atoms. The van der Waals surface area contributed by atoms with Crippen molar-refractivity contribution in [1.82, 2.24) is 5.32 Å². The van der Waals surface area contributed by atoms with Crippen molar-refractivity contribution in [2.75, 3.05) is 6.54 Å². The van der Waals surface area contributed by atoms with Gasteiger partial charge in [0.25, 0.3) is 5.91 Å². The lowest BCUT2D eigenvalue weighted by atomic mass is 10.1. The van der Waals surface area contributed by atoms with E-state index in [1.54, 1.807) is 12.1 Å². The molecule has 3 nitrogen and oxygen atoms in total. The molecule has 0 aliphatic rings. The minimum atomic E-state index is -0.0903. The molecule has 144 valence electrons. The van der Waals surface area contributed by atoms with Gasteiger partial charge in [0.2, 0.25) is 0 Å². The average Bonchev–Trinajstić information content (AvgIpc) is 2.71. The normalized spacial score (nSPS) is 10.5. The zero-order valence-electron chi connectivity index (χ0n) is 16.0. The Morgan fingerprint density at radius 2 is 1.82 bits per heavy atom.